The number of rotatable bonds is 3. The van der Waals surface area contributed by atoms with Gasteiger partial charge in [0.1, 0.15) is 6.54 Å². The van der Waals surface area contributed by atoms with Gasteiger partial charge < -0.3 is 4.90 Å². The Kier molecular flexibility index (Phi) is 4.94. The molecular weight excluding hydrogens is 344 g/mol. The quantitative estimate of drug-likeness (QED) is 0.842. The fourth-order valence-electron chi connectivity index (χ4n) is 4.14. The molecular formula is C20H24N4O3. The van der Waals surface area contributed by atoms with Crippen molar-refractivity contribution in [1.82, 2.24) is 19.4 Å². The lowest BCUT2D eigenvalue weighted by Crippen LogP contribution is -2.53. The molecule has 27 heavy (non-hydrogen) atoms. The first kappa shape index (κ1) is 17.7. The number of benzene rings is 1. The number of aryl methyl sites for hydroxylation is 1. The standard InChI is InChI=1S/C20H24N4O3/c25-18-7-8-24(20(27)21-18)14-19(26)23-11-9-22(10-12-23)17-6-5-15-3-1-2-4-16(15)13-17/h1-4,7-8,17H,5-6,9-14H2,(H,21,25,27)/t17-/m1/s1. The third kappa shape index (κ3) is 3.88. The summed E-state index contributed by atoms with van der Waals surface area (Å²) in [5.74, 6) is -0.0854. The Labute approximate surface area is 157 Å². The lowest BCUT2D eigenvalue weighted by Gasteiger charge is -2.41. The highest BCUT2D eigenvalue weighted by molar-refractivity contribution is 5.76. The van der Waals surface area contributed by atoms with Crippen molar-refractivity contribution in [3.63, 3.8) is 0 Å². The second-order valence-corrected chi connectivity index (χ2v) is 7.32. The first-order chi connectivity index (χ1) is 13.1. The molecule has 1 aliphatic carbocycles. The third-order valence-corrected chi connectivity index (χ3v) is 5.71. The lowest BCUT2D eigenvalue weighted by molar-refractivity contribution is -0.134. The Bertz CT molecular complexity index is 940. The zero-order chi connectivity index (χ0) is 18.8. The minimum Gasteiger partial charge on any atom is -0.339 e. The van der Waals surface area contributed by atoms with E-state index in [1.165, 1.54) is 28.0 Å². The molecule has 0 saturated carbocycles. The molecule has 1 aromatic carbocycles. The molecule has 7 heteroatoms. The van der Waals surface area contributed by atoms with Crippen LogP contribution < -0.4 is 11.2 Å². The van der Waals surface area contributed by atoms with Crippen molar-refractivity contribution in [3.8, 4) is 0 Å². The van der Waals surface area contributed by atoms with E-state index in [-0.39, 0.29) is 12.5 Å². The van der Waals surface area contributed by atoms with Crippen molar-refractivity contribution in [3.05, 3.63) is 68.5 Å². The fraction of sp³-hybridized carbons (Fsp3) is 0.450. The molecule has 2 aromatic rings. The average Bonchev–Trinajstić information content (AvgIpc) is 2.70. The van der Waals surface area contributed by atoms with Gasteiger partial charge in [0.25, 0.3) is 5.56 Å². The summed E-state index contributed by atoms with van der Waals surface area (Å²) in [5, 5.41) is 0. The summed E-state index contributed by atoms with van der Waals surface area (Å²) in [6.07, 6.45) is 4.73. The zero-order valence-electron chi connectivity index (χ0n) is 15.3. The molecule has 142 valence electrons. The molecule has 1 amide bonds. The van der Waals surface area contributed by atoms with Gasteiger partial charge >= 0.3 is 5.69 Å². The molecule has 1 saturated heterocycles. The highest BCUT2D eigenvalue weighted by atomic mass is 16.2. The molecule has 1 aliphatic heterocycles. The minimum absolute atomic E-state index is 0.0353. The first-order valence-electron chi connectivity index (χ1n) is 9.48. The van der Waals surface area contributed by atoms with E-state index < -0.39 is 11.2 Å². The van der Waals surface area contributed by atoms with Gasteiger partial charge in [-0.3, -0.25) is 24.0 Å². The van der Waals surface area contributed by atoms with Gasteiger partial charge in [-0.05, 0) is 30.4 Å². The van der Waals surface area contributed by atoms with Crippen LogP contribution in [0.25, 0.3) is 0 Å². The summed E-state index contributed by atoms with van der Waals surface area (Å²) in [7, 11) is 0. The van der Waals surface area contributed by atoms with Crippen molar-refractivity contribution < 1.29 is 4.79 Å². The number of nitrogens with zero attached hydrogens (tertiary/aromatic N) is 3. The second kappa shape index (κ2) is 7.52. The maximum atomic E-state index is 12.5. The van der Waals surface area contributed by atoms with Crippen LogP contribution in [0, 0.1) is 0 Å². The predicted molar refractivity (Wildman–Crippen MR) is 102 cm³/mol. The average molecular weight is 368 g/mol. The first-order valence-corrected chi connectivity index (χ1v) is 9.48. The maximum absolute atomic E-state index is 12.5. The molecule has 1 N–H and O–H groups in total. The normalized spacial score (nSPS) is 20.3. The van der Waals surface area contributed by atoms with Crippen LogP contribution in [0.5, 0.6) is 0 Å². The molecule has 1 fully saturated rings. The van der Waals surface area contributed by atoms with E-state index in [2.05, 4.69) is 34.1 Å². The van der Waals surface area contributed by atoms with Crippen LogP contribution in [0.15, 0.2) is 46.1 Å². The van der Waals surface area contributed by atoms with Crippen LogP contribution in [-0.4, -0.2) is 57.5 Å². The van der Waals surface area contributed by atoms with Gasteiger partial charge in [-0.2, -0.15) is 0 Å². The number of piperazine rings is 1. The van der Waals surface area contributed by atoms with Gasteiger partial charge in [0.2, 0.25) is 5.91 Å². The zero-order valence-corrected chi connectivity index (χ0v) is 15.3. The number of nitrogens with one attached hydrogen (secondary N) is 1. The van der Waals surface area contributed by atoms with Gasteiger partial charge in [-0.1, -0.05) is 24.3 Å². The van der Waals surface area contributed by atoms with Crippen LogP contribution in [0.1, 0.15) is 17.5 Å². The molecule has 0 radical (unpaired) electrons. The molecule has 2 heterocycles. The minimum atomic E-state index is -0.546. The monoisotopic (exact) mass is 368 g/mol. The predicted octanol–water partition coefficient (Wildman–Crippen LogP) is 0.238. The molecule has 4 rings (SSSR count). The van der Waals surface area contributed by atoms with E-state index in [0.29, 0.717) is 19.1 Å². The summed E-state index contributed by atoms with van der Waals surface area (Å²) in [6.45, 7) is 3.04. The summed E-state index contributed by atoms with van der Waals surface area (Å²) < 4.78 is 1.24. The largest absolute Gasteiger partial charge is 0.339 e. The molecule has 2 aliphatic rings. The van der Waals surface area contributed by atoms with E-state index in [4.69, 9.17) is 0 Å². The number of amides is 1. The Hall–Kier alpha value is -2.67. The van der Waals surface area contributed by atoms with Crippen molar-refractivity contribution in [2.75, 3.05) is 26.2 Å². The Morgan fingerprint density at radius 3 is 2.52 bits per heavy atom. The highest BCUT2D eigenvalue weighted by Gasteiger charge is 2.28. The second-order valence-electron chi connectivity index (χ2n) is 7.32. The Balaban J connectivity index is 1.33. The van der Waals surface area contributed by atoms with E-state index >= 15 is 0 Å². The van der Waals surface area contributed by atoms with Crippen LogP contribution in [-0.2, 0) is 24.2 Å². The van der Waals surface area contributed by atoms with E-state index in [9.17, 15) is 14.4 Å². The number of hydrogen-bond acceptors (Lipinski definition) is 4. The number of fused-ring (bicyclic) bond motifs is 1. The summed E-state index contributed by atoms with van der Waals surface area (Å²) in [5.41, 5.74) is 1.92. The smallest absolute Gasteiger partial charge is 0.328 e. The molecule has 7 nitrogen and oxygen atoms in total. The van der Waals surface area contributed by atoms with Crippen LogP contribution >= 0.6 is 0 Å². The van der Waals surface area contributed by atoms with Crippen molar-refractivity contribution >= 4 is 5.91 Å². The van der Waals surface area contributed by atoms with Crippen LogP contribution in [0.3, 0.4) is 0 Å². The van der Waals surface area contributed by atoms with Crippen LogP contribution in [0.2, 0.25) is 0 Å². The third-order valence-electron chi connectivity index (χ3n) is 5.71. The van der Waals surface area contributed by atoms with Gasteiger partial charge in [-0.25, -0.2) is 4.79 Å². The number of aromatic nitrogens is 2. The van der Waals surface area contributed by atoms with Crippen molar-refractivity contribution in [2.45, 2.75) is 31.8 Å². The molecule has 1 aromatic heterocycles. The van der Waals surface area contributed by atoms with E-state index in [1.807, 2.05) is 4.90 Å². The van der Waals surface area contributed by atoms with E-state index in [0.717, 1.165) is 32.4 Å². The van der Waals surface area contributed by atoms with E-state index in [1.54, 1.807) is 0 Å². The van der Waals surface area contributed by atoms with Gasteiger partial charge in [-0.15, -0.1) is 0 Å². The molecule has 0 bridgehead atoms. The van der Waals surface area contributed by atoms with Gasteiger partial charge in [0.15, 0.2) is 0 Å². The summed E-state index contributed by atoms with van der Waals surface area (Å²) >= 11 is 0. The molecule has 0 unspecified atom stereocenters. The molecule has 1 atom stereocenters. The topological polar surface area (TPSA) is 78.4 Å². The van der Waals surface area contributed by atoms with Gasteiger partial charge in [0, 0.05) is 44.5 Å². The number of hydrogen-bond donors (Lipinski definition) is 1. The summed E-state index contributed by atoms with van der Waals surface area (Å²) in [4.78, 5) is 41.9. The fourth-order valence-corrected chi connectivity index (χ4v) is 4.14. The highest BCUT2D eigenvalue weighted by Crippen LogP contribution is 2.25. The van der Waals surface area contributed by atoms with Crippen molar-refractivity contribution in [1.29, 1.82) is 0 Å². The van der Waals surface area contributed by atoms with Crippen LogP contribution in [0.4, 0.5) is 0 Å². The number of H-pyrrole nitrogens is 1. The number of carbonyl (C=O) groups is 1. The lowest BCUT2D eigenvalue weighted by atomic mass is 9.87. The number of aromatic amines is 1. The Morgan fingerprint density at radius 1 is 1.04 bits per heavy atom. The summed E-state index contributed by atoms with van der Waals surface area (Å²) in [6, 6.07) is 10.5. The number of carbonyl (C=O) groups excluding carboxylic acids is 1. The SMILES string of the molecule is O=C(Cn1ccc(=O)[nH]c1=O)N1CCN([C@@H]2CCc3ccccc3C2)CC1. The van der Waals surface area contributed by atoms with Crippen molar-refractivity contribution in [2.24, 2.45) is 0 Å². The Morgan fingerprint density at radius 2 is 1.78 bits per heavy atom. The van der Waals surface area contributed by atoms with Gasteiger partial charge in [0.05, 0.1) is 0 Å². The maximum Gasteiger partial charge on any atom is 0.328 e. The molecule has 0 spiro atoms.